The van der Waals surface area contributed by atoms with Gasteiger partial charge in [-0.1, -0.05) is 31.5 Å². The first-order chi connectivity index (χ1) is 9.80. The first kappa shape index (κ1) is 19.2. The molecular weight excluding hydrogens is 326 g/mol. The van der Waals surface area contributed by atoms with Gasteiger partial charge < -0.3 is 11.1 Å². The van der Waals surface area contributed by atoms with Gasteiger partial charge in [0, 0.05) is 29.0 Å². The fraction of sp³-hybridized carbons (Fsp3) is 0.562. The van der Waals surface area contributed by atoms with Crippen molar-refractivity contribution in [1.29, 1.82) is 0 Å². The van der Waals surface area contributed by atoms with Gasteiger partial charge in [-0.25, -0.2) is 4.39 Å². The molecular formula is C16H23Cl2FN2O. The third kappa shape index (κ3) is 3.73. The lowest BCUT2D eigenvalue weighted by Gasteiger charge is -2.33. The lowest BCUT2D eigenvalue weighted by Crippen LogP contribution is -2.55. The Morgan fingerprint density at radius 2 is 2.18 bits per heavy atom. The van der Waals surface area contributed by atoms with E-state index < -0.39 is 5.54 Å². The topological polar surface area (TPSA) is 55.1 Å². The van der Waals surface area contributed by atoms with E-state index in [2.05, 4.69) is 5.32 Å². The molecule has 3 N–H and O–H groups in total. The highest BCUT2D eigenvalue weighted by Gasteiger charge is 2.47. The number of rotatable bonds is 5. The molecule has 0 aliphatic heterocycles. The summed E-state index contributed by atoms with van der Waals surface area (Å²) in [4.78, 5) is 12.4. The first-order valence-corrected chi connectivity index (χ1v) is 7.64. The number of benzene rings is 1. The van der Waals surface area contributed by atoms with E-state index >= 15 is 0 Å². The lowest BCUT2D eigenvalue weighted by molar-refractivity contribution is -0.124. The summed E-state index contributed by atoms with van der Waals surface area (Å²) in [6.45, 7) is 6.34. The van der Waals surface area contributed by atoms with Gasteiger partial charge in [-0.3, -0.25) is 4.79 Å². The zero-order valence-corrected chi connectivity index (χ0v) is 14.6. The van der Waals surface area contributed by atoms with Gasteiger partial charge in [0.05, 0.1) is 5.54 Å². The molecule has 22 heavy (non-hydrogen) atoms. The minimum atomic E-state index is -0.441. The maximum absolute atomic E-state index is 13.9. The molecule has 0 heterocycles. The molecule has 1 aliphatic rings. The van der Waals surface area contributed by atoms with Crippen molar-refractivity contribution < 1.29 is 9.18 Å². The molecule has 1 saturated carbocycles. The maximum atomic E-state index is 13.9. The number of carbonyl (C=O) groups excluding carboxylic acids is 1. The molecule has 1 aromatic carbocycles. The summed E-state index contributed by atoms with van der Waals surface area (Å²) in [5.74, 6) is -0.535. The van der Waals surface area contributed by atoms with E-state index in [1.165, 1.54) is 6.07 Å². The minimum Gasteiger partial charge on any atom is -0.349 e. The maximum Gasteiger partial charge on any atom is 0.224 e. The Labute approximate surface area is 142 Å². The molecule has 1 aromatic rings. The van der Waals surface area contributed by atoms with Crippen LogP contribution in [0, 0.1) is 17.7 Å². The number of halogens is 3. The summed E-state index contributed by atoms with van der Waals surface area (Å²) in [7, 11) is 0. The Morgan fingerprint density at radius 1 is 1.55 bits per heavy atom. The van der Waals surface area contributed by atoms with E-state index in [1.54, 1.807) is 12.1 Å². The summed E-state index contributed by atoms with van der Waals surface area (Å²) in [5, 5.41) is 3.40. The highest BCUT2D eigenvalue weighted by molar-refractivity contribution is 6.31. The van der Waals surface area contributed by atoms with E-state index in [1.807, 2.05) is 20.8 Å². The number of nitrogens with one attached hydrogen (secondary N) is 1. The van der Waals surface area contributed by atoms with Gasteiger partial charge in [-0.05, 0) is 31.4 Å². The molecule has 3 atom stereocenters. The predicted octanol–water partition coefficient (Wildman–Crippen LogP) is 3.49. The van der Waals surface area contributed by atoms with E-state index in [9.17, 15) is 9.18 Å². The lowest BCUT2D eigenvalue weighted by atomic mass is 9.88. The van der Waals surface area contributed by atoms with E-state index in [0.29, 0.717) is 23.6 Å². The van der Waals surface area contributed by atoms with Crippen LogP contribution in [-0.2, 0) is 4.79 Å². The van der Waals surface area contributed by atoms with Crippen LogP contribution in [0.5, 0.6) is 0 Å². The second-order valence-corrected chi connectivity index (χ2v) is 6.76. The van der Waals surface area contributed by atoms with Crippen molar-refractivity contribution in [3.63, 3.8) is 0 Å². The predicted molar refractivity (Wildman–Crippen MR) is 89.9 cm³/mol. The van der Waals surface area contributed by atoms with Gasteiger partial charge in [0.1, 0.15) is 5.82 Å². The fourth-order valence-corrected chi connectivity index (χ4v) is 2.78. The van der Waals surface area contributed by atoms with Crippen molar-refractivity contribution in [3.05, 3.63) is 34.6 Å². The van der Waals surface area contributed by atoms with Crippen LogP contribution in [0.1, 0.15) is 38.7 Å². The van der Waals surface area contributed by atoms with Crippen LogP contribution < -0.4 is 11.1 Å². The Kier molecular flexibility index (Phi) is 6.25. The van der Waals surface area contributed by atoms with E-state index in [-0.39, 0.29) is 41.9 Å². The number of carbonyl (C=O) groups is 1. The quantitative estimate of drug-likeness (QED) is 0.855. The van der Waals surface area contributed by atoms with Crippen LogP contribution in [0.3, 0.4) is 0 Å². The summed E-state index contributed by atoms with van der Waals surface area (Å²) >= 11 is 6.05. The number of nitrogens with two attached hydrogens (primary N) is 1. The molecule has 0 radical (unpaired) electrons. The third-order valence-electron chi connectivity index (χ3n) is 4.60. The van der Waals surface area contributed by atoms with Gasteiger partial charge in [0.2, 0.25) is 5.91 Å². The fourth-order valence-electron chi connectivity index (χ4n) is 2.47. The zero-order valence-electron chi connectivity index (χ0n) is 13.0. The van der Waals surface area contributed by atoms with Crippen molar-refractivity contribution in [1.82, 2.24) is 5.32 Å². The molecule has 1 aliphatic carbocycles. The summed E-state index contributed by atoms with van der Waals surface area (Å²) in [6, 6.07) is 4.61. The monoisotopic (exact) mass is 348 g/mol. The molecule has 0 saturated heterocycles. The molecule has 0 bridgehead atoms. The Balaban J connectivity index is 0.00000242. The van der Waals surface area contributed by atoms with Crippen molar-refractivity contribution in [2.45, 2.75) is 38.6 Å². The molecule has 3 unspecified atom stereocenters. The van der Waals surface area contributed by atoms with Gasteiger partial charge >= 0.3 is 0 Å². The average Bonchev–Trinajstić information content (AvgIpc) is 3.18. The highest BCUT2D eigenvalue weighted by atomic mass is 35.5. The molecule has 0 aromatic heterocycles. The largest absolute Gasteiger partial charge is 0.349 e. The van der Waals surface area contributed by atoms with E-state index in [4.69, 9.17) is 17.3 Å². The van der Waals surface area contributed by atoms with Crippen molar-refractivity contribution in [3.8, 4) is 0 Å². The Bertz CT molecular complexity index is 533. The van der Waals surface area contributed by atoms with Crippen LogP contribution in [0.2, 0.25) is 5.02 Å². The Hall–Kier alpha value is -0.840. The van der Waals surface area contributed by atoms with Crippen molar-refractivity contribution in [2.75, 3.05) is 6.54 Å². The van der Waals surface area contributed by atoms with Gasteiger partial charge in [-0.15, -0.1) is 12.4 Å². The second-order valence-electron chi connectivity index (χ2n) is 6.35. The van der Waals surface area contributed by atoms with Crippen LogP contribution in [0.15, 0.2) is 18.2 Å². The molecule has 3 nitrogen and oxygen atoms in total. The van der Waals surface area contributed by atoms with E-state index in [0.717, 1.165) is 0 Å². The molecule has 1 fully saturated rings. The van der Waals surface area contributed by atoms with Crippen LogP contribution >= 0.6 is 24.0 Å². The van der Waals surface area contributed by atoms with Crippen LogP contribution in [-0.4, -0.2) is 18.0 Å². The molecule has 6 heteroatoms. The van der Waals surface area contributed by atoms with Crippen molar-refractivity contribution in [2.24, 2.45) is 17.6 Å². The van der Waals surface area contributed by atoms with Gasteiger partial charge in [0.25, 0.3) is 0 Å². The summed E-state index contributed by atoms with van der Waals surface area (Å²) < 4.78 is 13.9. The van der Waals surface area contributed by atoms with Gasteiger partial charge in [0.15, 0.2) is 0 Å². The van der Waals surface area contributed by atoms with Crippen LogP contribution in [0.25, 0.3) is 0 Å². The number of hydrogen-bond acceptors (Lipinski definition) is 2. The molecule has 1 amide bonds. The standard InChI is InChI=1S/C16H22ClFN2O.ClH/c1-9(2)16(3,8-19)20-15(21)11-7-10(11)14-12(17)5-4-6-13(14)18;/h4-6,9-11H,7-8,19H2,1-3H3,(H,20,21);1H. The summed E-state index contributed by atoms with van der Waals surface area (Å²) in [6.07, 6.45) is 0.630. The highest BCUT2D eigenvalue weighted by Crippen LogP contribution is 2.50. The molecule has 124 valence electrons. The zero-order chi connectivity index (χ0) is 15.8. The average molecular weight is 349 g/mol. The second kappa shape index (κ2) is 7.16. The molecule has 2 rings (SSSR count). The normalized spacial score (nSPS) is 22.7. The Morgan fingerprint density at radius 3 is 2.68 bits per heavy atom. The first-order valence-electron chi connectivity index (χ1n) is 7.26. The smallest absolute Gasteiger partial charge is 0.224 e. The third-order valence-corrected chi connectivity index (χ3v) is 4.93. The molecule has 0 spiro atoms. The van der Waals surface area contributed by atoms with Crippen molar-refractivity contribution >= 4 is 29.9 Å². The van der Waals surface area contributed by atoms with Gasteiger partial charge in [-0.2, -0.15) is 0 Å². The number of hydrogen-bond donors (Lipinski definition) is 2. The SMILES string of the molecule is CC(C)C(C)(CN)NC(=O)C1CC1c1c(F)cccc1Cl.Cl. The van der Waals surface area contributed by atoms with Crippen LogP contribution in [0.4, 0.5) is 4.39 Å². The minimum absolute atomic E-state index is 0. The summed E-state index contributed by atoms with van der Waals surface area (Å²) in [5.41, 5.74) is 5.79. The number of amides is 1.